The summed E-state index contributed by atoms with van der Waals surface area (Å²) >= 11 is 0. The first-order valence-corrected chi connectivity index (χ1v) is 7.60. The van der Waals surface area contributed by atoms with E-state index in [0.717, 1.165) is 0 Å². The number of pyridine rings is 1. The second-order valence-electron chi connectivity index (χ2n) is 5.44. The number of nitrogens with zero attached hydrogens (tertiary/aromatic N) is 5. The summed E-state index contributed by atoms with van der Waals surface area (Å²) in [5.41, 5.74) is 0.820. The van der Waals surface area contributed by atoms with E-state index in [0.29, 0.717) is 17.1 Å². The number of H-pyrrole nitrogens is 1. The van der Waals surface area contributed by atoms with Crippen LogP contribution >= 0.6 is 0 Å². The Morgan fingerprint density at radius 2 is 2.00 bits per heavy atom. The largest absolute Gasteiger partial charge is 0.333 e. The van der Waals surface area contributed by atoms with Crippen LogP contribution in [-0.4, -0.2) is 42.8 Å². The maximum atomic E-state index is 12.6. The van der Waals surface area contributed by atoms with E-state index in [-0.39, 0.29) is 11.6 Å². The summed E-state index contributed by atoms with van der Waals surface area (Å²) in [5, 5.41) is 0. The lowest BCUT2D eigenvalue weighted by Gasteiger charge is -2.24. The second-order valence-corrected chi connectivity index (χ2v) is 5.44. The van der Waals surface area contributed by atoms with Gasteiger partial charge in [-0.25, -0.2) is 15.0 Å². The molecule has 1 N–H and O–H groups in total. The van der Waals surface area contributed by atoms with Gasteiger partial charge >= 0.3 is 0 Å². The number of carbonyl (C=O) groups is 1. The van der Waals surface area contributed by atoms with E-state index in [1.165, 1.54) is 17.4 Å². The molecule has 3 rings (SSSR count). The van der Waals surface area contributed by atoms with Crippen LogP contribution in [0.3, 0.4) is 0 Å². The maximum absolute atomic E-state index is 12.6. The first kappa shape index (κ1) is 16.4. The summed E-state index contributed by atoms with van der Waals surface area (Å²) in [6.07, 6.45) is 7.52. The van der Waals surface area contributed by atoms with Crippen molar-refractivity contribution in [3.63, 3.8) is 0 Å². The number of hydrogen-bond donors (Lipinski definition) is 1. The minimum Gasteiger partial charge on any atom is -0.333 e. The lowest BCUT2D eigenvalue weighted by molar-refractivity contribution is 0.0737. The number of hydrogen-bond acceptors (Lipinski definition) is 6. The number of aromatic nitrogens is 5. The molecular weight excluding hydrogens is 320 g/mol. The zero-order chi connectivity index (χ0) is 17.8. The van der Waals surface area contributed by atoms with E-state index < -0.39 is 11.5 Å². The van der Waals surface area contributed by atoms with Crippen molar-refractivity contribution in [2.24, 2.45) is 0 Å². The van der Waals surface area contributed by atoms with Gasteiger partial charge in [0.1, 0.15) is 17.7 Å². The smallest absolute Gasteiger partial charge is 0.264 e. The second kappa shape index (κ2) is 7.00. The lowest BCUT2D eigenvalue weighted by Crippen LogP contribution is -2.34. The third-order valence-corrected chi connectivity index (χ3v) is 3.90. The molecule has 0 unspecified atom stereocenters. The molecule has 1 atom stereocenters. The molecule has 0 fully saturated rings. The van der Waals surface area contributed by atoms with Gasteiger partial charge in [0.2, 0.25) is 0 Å². The summed E-state index contributed by atoms with van der Waals surface area (Å²) in [7, 11) is 1.61. The maximum Gasteiger partial charge on any atom is 0.264 e. The molecule has 0 aliphatic rings. The Kier molecular flexibility index (Phi) is 4.60. The predicted molar refractivity (Wildman–Crippen MR) is 90.6 cm³/mol. The zero-order valence-corrected chi connectivity index (χ0v) is 13.7. The number of amides is 1. The molecule has 3 heterocycles. The Bertz CT molecular complexity index is 927. The summed E-state index contributed by atoms with van der Waals surface area (Å²) < 4.78 is 0. The fourth-order valence-corrected chi connectivity index (χ4v) is 2.31. The van der Waals surface area contributed by atoms with Crippen LogP contribution in [0.4, 0.5) is 0 Å². The van der Waals surface area contributed by atoms with Crippen LogP contribution in [0.1, 0.15) is 29.0 Å². The normalized spacial score (nSPS) is 11.8. The van der Waals surface area contributed by atoms with Crippen molar-refractivity contribution in [1.29, 1.82) is 0 Å². The molecule has 126 valence electrons. The average Bonchev–Trinajstić information content (AvgIpc) is 2.67. The average molecular weight is 336 g/mol. The first-order chi connectivity index (χ1) is 12.1. The van der Waals surface area contributed by atoms with Crippen LogP contribution in [-0.2, 0) is 0 Å². The van der Waals surface area contributed by atoms with E-state index in [1.54, 1.807) is 43.8 Å². The standard InChI is InChI=1S/C17H16N6O2/c1-11(14-5-7-19-10-21-14)23(2)17(25)13-9-20-15(22-16(13)24)12-4-3-6-18-8-12/h3-11H,1-2H3,(H,20,22,24)/t11-/m0/s1. The Hall–Kier alpha value is -3.42. The van der Waals surface area contributed by atoms with Gasteiger partial charge in [0.25, 0.3) is 11.5 Å². The Labute approximate surface area is 143 Å². The molecule has 0 aliphatic heterocycles. The molecule has 0 bridgehead atoms. The molecule has 0 spiro atoms. The summed E-state index contributed by atoms with van der Waals surface area (Å²) in [6, 6.07) is 4.93. The van der Waals surface area contributed by atoms with Crippen molar-refractivity contribution >= 4 is 5.91 Å². The van der Waals surface area contributed by atoms with Crippen LogP contribution in [0.5, 0.6) is 0 Å². The summed E-state index contributed by atoms with van der Waals surface area (Å²) in [5.74, 6) is -0.0706. The van der Waals surface area contributed by atoms with E-state index in [9.17, 15) is 9.59 Å². The van der Waals surface area contributed by atoms with Gasteiger partial charge in [-0.3, -0.25) is 14.6 Å². The zero-order valence-electron chi connectivity index (χ0n) is 13.7. The molecule has 8 heteroatoms. The predicted octanol–water partition coefficient (Wildman–Crippen LogP) is 1.46. The number of carbonyl (C=O) groups excluding carboxylic acids is 1. The SMILES string of the molecule is C[C@@H](c1ccncn1)N(C)C(=O)c1cnc(-c2cccnc2)[nH]c1=O. The van der Waals surface area contributed by atoms with Crippen molar-refractivity contribution in [3.8, 4) is 11.4 Å². The number of nitrogens with one attached hydrogen (secondary N) is 1. The van der Waals surface area contributed by atoms with E-state index in [4.69, 9.17) is 0 Å². The minimum absolute atomic E-state index is 0.0314. The molecule has 0 saturated carbocycles. The van der Waals surface area contributed by atoms with Crippen molar-refractivity contribution in [1.82, 2.24) is 29.8 Å². The molecule has 0 saturated heterocycles. The van der Waals surface area contributed by atoms with Gasteiger partial charge in [-0.1, -0.05) is 0 Å². The topological polar surface area (TPSA) is 105 Å². The van der Waals surface area contributed by atoms with Gasteiger partial charge in [0.05, 0.1) is 11.7 Å². The molecule has 25 heavy (non-hydrogen) atoms. The van der Waals surface area contributed by atoms with Gasteiger partial charge in [-0.15, -0.1) is 0 Å². The summed E-state index contributed by atoms with van der Waals surface area (Å²) in [4.78, 5) is 45.2. The van der Waals surface area contributed by atoms with Gasteiger partial charge in [-0.05, 0) is 25.1 Å². The fraction of sp³-hybridized carbons (Fsp3) is 0.176. The third kappa shape index (κ3) is 3.42. The van der Waals surface area contributed by atoms with Crippen LogP contribution in [0, 0.1) is 0 Å². The van der Waals surface area contributed by atoms with E-state index >= 15 is 0 Å². The highest BCUT2D eigenvalue weighted by atomic mass is 16.2. The Morgan fingerprint density at radius 3 is 2.64 bits per heavy atom. The van der Waals surface area contributed by atoms with Gasteiger partial charge < -0.3 is 9.88 Å². The molecule has 8 nitrogen and oxygen atoms in total. The van der Waals surface area contributed by atoms with Crippen LogP contribution in [0.25, 0.3) is 11.4 Å². The Balaban J connectivity index is 1.86. The molecule has 0 aliphatic carbocycles. The molecule has 0 radical (unpaired) electrons. The molecule has 3 aromatic heterocycles. The van der Waals surface area contributed by atoms with Crippen LogP contribution in [0.15, 0.2) is 54.1 Å². The van der Waals surface area contributed by atoms with Gasteiger partial charge in [0.15, 0.2) is 0 Å². The highest BCUT2D eigenvalue weighted by Crippen LogP contribution is 2.17. The quantitative estimate of drug-likeness (QED) is 0.773. The monoisotopic (exact) mass is 336 g/mol. The number of aromatic amines is 1. The highest BCUT2D eigenvalue weighted by Gasteiger charge is 2.22. The van der Waals surface area contributed by atoms with Crippen molar-refractivity contribution in [2.75, 3.05) is 7.05 Å². The first-order valence-electron chi connectivity index (χ1n) is 7.60. The number of rotatable bonds is 4. The Morgan fingerprint density at radius 1 is 1.16 bits per heavy atom. The molecule has 1 amide bonds. The van der Waals surface area contributed by atoms with Gasteiger partial charge in [0, 0.05) is 37.4 Å². The lowest BCUT2D eigenvalue weighted by atomic mass is 10.1. The van der Waals surface area contributed by atoms with Gasteiger partial charge in [-0.2, -0.15) is 0 Å². The van der Waals surface area contributed by atoms with Crippen molar-refractivity contribution < 1.29 is 4.79 Å². The van der Waals surface area contributed by atoms with E-state index in [1.807, 2.05) is 6.92 Å². The molecule has 3 aromatic rings. The summed E-state index contributed by atoms with van der Waals surface area (Å²) in [6.45, 7) is 1.83. The van der Waals surface area contributed by atoms with Crippen molar-refractivity contribution in [2.45, 2.75) is 13.0 Å². The minimum atomic E-state index is -0.499. The highest BCUT2D eigenvalue weighted by molar-refractivity contribution is 5.93. The molecular formula is C17H16N6O2. The third-order valence-electron chi connectivity index (χ3n) is 3.90. The van der Waals surface area contributed by atoms with Crippen LogP contribution < -0.4 is 5.56 Å². The fourth-order valence-electron chi connectivity index (χ4n) is 2.31. The van der Waals surface area contributed by atoms with E-state index in [2.05, 4.69) is 24.9 Å². The van der Waals surface area contributed by atoms with Crippen molar-refractivity contribution in [3.05, 3.63) is 70.9 Å². The van der Waals surface area contributed by atoms with Crippen LogP contribution in [0.2, 0.25) is 0 Å². The molecule has 0 aromatic carbocycles.